The van der Waals surface area contributed by atoms with Gasteiger partial charge >= 0.3 is 0 Å². The van der Waals surface area contributed by atoms with Crippen molar-refractivity contribution in [3.63, 3.8) is 0 Å². The molecule has 0 unspecified atom stereocenters. The number of aromatic nitrogens is 1. The number of carbonyl (C=O) groups excluding carboxylic acids is 1. The Bertz CT molecular complexity index is 795. The third-order valence-electron chi connectivity index (χ3n) is 5.10. The fourth-order valence-electron chi connectivity index (χ4n) is 3.88. The topological polar surface area (TPSA) is 73.4 Å². The van der Waals surface area contributed by atoms with Crippen LogP contribution in [0.15, 0.2) is 35.3 Å². The van der Waals surface area contributed by atoms with Crippen molar-refractivity contribution >= 4 is 16.7 Å². The Hall–Kier alpha value is -2.14. The normalized spacial score (nSPS) is 21.2. The number of hydrogen-bond acceptors (Lipinski definition) is 3. The number of nitrogens with zero attached hydrogens (tertiary/aromatic N) is 1. The van der Waals surface area contributed by atoms with Gasteiger partial charge in [0.15, 0.2) is 0 Å². The minimum Gasteiger partial charge on any atom is -0.396 e. The van der Waals surface area contributed by atoms with Gasteiger partial charge in [-0.05, 0) is 25.3 Å². The maximum atomic E-state index is 13.1. The number of nitrogens with one attached hydrogen (secondary N) is 1. The molecule has 0 aliphatic carbocycles. The van der Waals surface area contributed by atoms with Crippen LogP contribution in [-0.4, -0.2) is 40.6 Å². The number of aliphatic hydroxyl groups excluding tert-OH is 1. The van der Waals surface area contributed by atoms with E-state index in [4.69, 9.17) is 0 Å². The Morgan fingerprint density at radius 2 is 2.08 bits per heavy atom. The van der Waals surface area contributed by atoms with Crippen molar-refractivity contribution in [3.05, 3.63) is 46.4 Å². The SMILES string of the molecule is CCC[C@@]1(CO)CCCN(C(=O)c2c[nH]c(=O)c3ccccc23)C1. The third-order valence-corrected chi connectivity index (χ3v) is 5.10. The fourth-order valence-corrected chi connectivity index (χ4v) is 3.88. The van der Waals surface area contributed by atoms with Crippen LogP contribution in [0.1, 0.15) is 43.0 Å². The number of piperidine rings is 1. The standard InChI is InChI=1S/C19H24N2O3/c1-2-8-19(13-22)9-5-10-21(12-19)18(24)16-11-20-17(23)15-7-4-3-6-14(15)16/h3-4,6-7,11,22H,2,5,8-10,12-13H2,1H3,(H,20,23)/t19-/m1/s1. The minimum atomic E-state index is -0.194. The number of benzene rings is 1. The number of H-pyrrole nitrogens is 1. The van der Waals surface area contributed by atoms with Crippen LogP contribution in [0.3, 0.4) is 0 Å². The molecule has 1 aliphatic heterocycles. The average molecular weight is 328 g/mol. The summed E-state index contributed by atoms with van der Waals surface area (Å²) < 4.78 is 0. The Balaban J connectivity index is 1.95. The number of likely N-dealkylation sites (tertiary alicyclic amines) is 1. The lowest BCUT2D eigenvalue weighted by molar-refractivity contribution is 0.0223. The number of carbonyl (C=O) groups is 1. The van der Waals surface area contributed by atoms with Gasteiger partial charge in [0.2, 0.25) is 0 Å². The summed E-state index contributed by atoms with van der Waals surface area (Å²) in [5.41, 5.74) is 0.146. The van der Waals surface area contributed by atoms with E-state index >= 15 is 0 Å². The molecule has 1 saturated heterocycles. The monoisotopic (exact) mass is 328 g/mol. The van der Waals surface area contributed by atoms with Gasteiger partial charge < -0.3 is 15.0 Å². The number of aromatic amines is 1. The summed E-state index contributed by atoms with van der Waals surface area (Å²) >= 11 is 0. The summed E-state index contributed by atoms with van der Waals surface area (Å²) in [5, 5.41) is 11.1. The molecule has 1 amide bonds. The van der Waals surface area contributed by atoms with Gasteiger partial charge in [-0.15, -0.1) is 0 Å². The van der Waals surface area contributed by atoms with E-state index in [1.807, 2.05) is 17.0 Å². The largest absolute Gasteiger partial charge is 0.396 e. The zero-order valence-electron chi connectivity index (χ0n) is 14.0. The van der Waals surface area contributed by atoms with Crippen molar-refractivity contribution in [1.82, 2.24) is 9.88 Å². The molecule has 2 heterocycles. The predicted octanol–water partition coefficient (Wildman–Crippen LogP) is 2.54. The fraction of sp³-hybridized carbons (Fsp3) is 0.474. The Kier molecular flexibility index (Phi) is 4.71. The van der Waals surface area contributed by atoms with Crippen LogP contribution in [0.2, 0.25) is 0 Å². The molecule has 1 fully saturated rings. The van der Waals surface area contributed by atoms with Crippen LogP contribution >= 0.6 is 0 Å². The summed E-state index contributed by atoms with van der Waals surface area (Å²) in [7, 11) is 0. The molecule has 1 aromatic heterocycles. The molecule has 0 radical (unpaired) electrons. The molecule has 0 bridgehead atoms. The highest BCUT2D eigenvalue weighted by molar-refractivity contribution is 6.06. The van der Waals surface area contributed by atoms with Gasteiger partial charge in [0.25, 0.3) is 11.5 Å². The van der Waals surface area contributed by atoms with E-state index in [2.05, 4.69) is 11.9 Å². The molecule has 5 heteroatoms. The van der Waals surface area contributed by atoms with Gasteiger partial charge in [-0.1, -0.05) is 31.5 Å². The summed E-state index contributed by atoms with van der Waals surface area (Å²) in [4.78, 5) is 29.5. The molecule has 2 N–H and O–H groups in total. The van der Waals surface area contributed by atoms with Crippen molar-refractivity contribution < 1.29 is 9.90 Å². The molecule has 2 aromatic rings. The first-order chi connectivity index (χ1) is 11.6. The molecule has 3 rings (SSSR count). The van der Waals surface area contributed by atoms with Crippen LogP contribution in [0.25, 0.3) is 10.8 Å². The summed E-state index contributed by atoms with van der Waals surface area (Å²) in [5.74, 6) is -0.0731. The average Bonchev–Trinajstić information content (AvgIpc) is 2.62. The molecule has 0 saturated carbocycles. The number of hydrogen-bond donors (Lipinski definition) is 2. The molecule has 1 aromatic carbocycles. The van der Waals surface area contributed by atoms with E-state index in [-0.39, 0.29) is 23.5 Å². The lowest BCUT2D eigenvalue weighted by atomic mass is 9.77. The van der Waals surface area contributed by atoms with E-state index < -0.39 is 0 Å². The number of fused-ring (bicyclic) bond motifs is 1. The lowest BCUT2D eigenvalue weighted by Crippen LogP contribution is -2.48. The van der Waals surface area contributed by atoms with Crippen molar-refractivity contribution in [2.24, 2.45) is 5.41 Å². The third kappa shape index (κ3) is 2.96. The van der Waals surface area contributed by atoms with Gasteiger partial charge in [-0.3, -0.25) is 9.59 Å². The zero-order valence-corrected chi connectivity index (χ0v) is 14.0. The highest BCUT2D eigenvalue weighted by atomic mass is 16.3. The molecule has 24 heavy (non-hydrogen) atoms. The minimum absolute atomic E-state index is 0.0731. The summed E-state index contributed by atoms with van der Waals surface area (Å²) in [6.07, 6.45) is 5.27. The molecule has 0 spiro atoms. The quantitative estimate of drug-likeness (QED) is 0.906. The van der Waals surface area contributed by atoms with Gasteiger partial charge in [0.05, 0.1) is 12.2 Å². The zero-order chi connectivity index (χ0) is 17.2. The summed E-state index contributed by atoms with van der Waals surface area (Å²) in [6, 6.07) is 7.18. The highest BCUT2D eigenvalue weighted by Gasteiger charge is 2.36. The van der Waals surface area contributed by atoms with Crippen molar-refractivity contribution in [3.8, 4) is 0 Å². The molecular formula is C19H24N2O3. The van der Waals surface area contributed by atoms with Gasteiger partial charge in [0.1, 0.15) is 0 Å². The van der Waals surface area contributed by atoms with E-state index in [1.54, 1.807) is 12.1 Å². The van der Waals surface area contributed by atoms with E-state index in [0.717, 1.165) is 25.7 Å². The van der Waals surface area contributed by atoms with Crippen molar-refractivity contribution in [1.29, 1.82) is 0 Å². The van der Waals surface area contributed by atoms with Crippen LogP contribution < -0.4 is 5.56 Å². The first-order valence-corrected chi connectivity index (χ1v) is 8.61. The maximum absolute atomic E-state index is 13.1. The molecule has 1 aliphatic rings. The Labute approximate surface area is 141 Å². The van der Waals surface area contributed by atoms with Gasteiger partial charge in [-0.25, -0.2) is 0 Å². The van der Waals surface area contributed by atoms with E-state index in [0.29, 0.717) is 29.4 Å². The first-order valence-electron chi connectivity index (χ1n) is 8.61. The second-order valence-corrected chi connectivity index (χ2v) is 6.82. The molecule has 1 atom stereocenters. The Morgan fingerprint density at radius 3 is 2.79 bits per heavy atom. The van der Waals surface area contributed by atoms with Crippen LogP contribution in [-0.2, 0) is 0 Å². The smallest absolute Gasteiger partial charge is 0.255 e. The Morgan fingerprint density at radius 1 is 1.33 bits per heavy atom. The van der Waals surface area contributed by atoms with E-state index in [9.17, 15) is 14.7 Å². The molecule has 128 valence electrons. The highest BCUT2D eigenvalue weighted by Crippen LogP contribution is 2.35. The van der Waals surface area contributed by atoms with Gasteiger partial charge in [0, 0.05) is 35.5 Å². The van der Waals surface area contributed by atoms with Crippen LogP contribution in [0.5, 0.6) is 0 Å². The number of rotatable bonds is 4. The first kappa shape index (κ1) is 16.7. The lowest BCUT2D eigenvalue weighted by Gasteiger charge is -2.42. The van der Waals surface area contributed by atoms with Crippen molar-refractivity contribution in [2.45, 2.75) is 32.6 Å². The van der Waals surface area contributed by atoms with Crippen LogP contribution in [0.4, 0.5) is 0 Å². The number of pyridine rings is 1. The van der Waals surface area contributed by atoms with Crippen LogP contribution in [0, 0.1) is 5.41 Å². The molecular weight excluding hydrogens is 304 g/mol. The summed E-state index contributed by atoms with van der Waals surface area (Å²) in [6.45, 7) is 3.48. The predicted molar refractivity (Wildman–Crippen MR) is 94.1 cm³/mol. The number of amides is 1. The number of aliphatic hydroxyl groups is 1. The maximum Gasteiger partial charge on any atom is 0.255 e. The van der Waals surface area contributed by atoms with Crippen molar-refractivity contribution in [2.75, 3.05) is 19.7 Å². The second kappa shape index (κ2) is 6.77. The molecule has 5 nitrogen and oxygen atoms in total. The van der Waals surface area contributed by atoms with E-state index in [1.165, 1.54) is 6.20 Å². The van der Waals surface area contributed by atoms with Gasteiger partial charge in [-0.2, -0.15) is 0 Å². The second-order valence-electron chi connectivity index (χ2n) is 6.82.